The quantitative estimate of drug-likeness (QED) is 0.813. The monoisotopic (exact) mass is 257 g/mol. The number of hydrogen-bond donors (Lipinski definition) is 1. The minimum absolute atomic E-state index is 0.0330. The molecule has 0 bridgehead atoms. The summed E-state index contributed by atoms with van der Waals surface area (Å²) >= 11 is 0. The summed E-state index contributed by atoms with van der Waals surface area (Å²) in [6.45, 7) is 3.50. The molecule has 1 heterocycles. The highest BCUT2D eigenvalue weighted by Crippen LogP contribution is 2.32. The molecule has 0 spiro atoms. The highest BCUT2D eigenvalue weighted by atomic mass is 32.2. The van der Waals surface area contributed by atoms with Crippen molar-refractivity contribution in [1.29, 1.82) is 0 Å². The third kappa shape index (κ3) is 2.52. The molecule has 0 amide bonds. The van der Waals surface area contributed by atoms with Gasteiger partial charge in [0.2, 0.25) is 0 Å². The molecular formula is C9H17F2NO3S. The molecule has 0 unspecified atom stereocenters. The van der Waals surface area contributed by atoms with Crippen molar-refractivity contribution in [2.45, 2.75) is 32.1 Å². The van der Waals surface area contributed by atoms with E-state index < -0.39 is 28.4 Å². The van der Waals surface area contributed by atoms with Crippen LogP contribution in [0.1, 0.15) is 20.3 Å². The van der Waals surface area contributed by atoms with E-state index in [1.807, 2.05) is 13.8 Å². The topological polar surface area (TPSA) is 57.6 Å². The Balaban J connectivity index is 2.89. The molecule has 0 aliphatic carbocycles. The van der Waals surface area contributed by atoms with Crippen LogP contribution < -0.4 is 0 Å². The van der Waals surface area contributed by atoms with Gasteiger partial charge >= 0.3 is 5.76 Å². The van der Waals surface area contributed by atoms with Crippen molar-refractivity contribution in [3.05, 3.63) is 0 Å². The Kier molecular flexibility index (Phi) is 4.25. The fourth-order valence-electron chi connectivity index (χ4n) is 1.98. The fourth-order valence-corrected chi connectivity index (χ4v) is 3.16. The number of hydrogen-bond acceptors (Lipinski definition) is 3. The number of rotatable bonds is 4. The van der Waals surface area contributed by atoms with E-state index in [9.17, 15) is 17.2 Å². The van der Waals surface area contributed by atoms with Crippen molar-refractivity contribution >= 4 is 10.0 Å². The Bertz CT molecular complexity index is 332. The van der Waals surface area contributed by atoms with Crippen LogP contribution in [0.2, 0.25) is 0 Å². The van der Waals surface area contributed by atoms with E-state index in [4.69, 9.17) is 5.11 Å². The molecular weight excluding hydrogens is 240 g/mol. The molecule has 1 rings (SSSR count). The number of sulfonamides is 1. The number of alkyl halides is 2. The maximum Gasteiger partial charge on any atom is 0.350 e. The lowest BCUT2D eigenvalue weighted by molar-refractivity contribution is 0.188. The van der Waals surface area contributed by atoms with E-state index in [1.54, 1.807) is 0 Å². The van der Waals surface area contributed by atoms with Crippen molar-refractivity contribution in [1.82, 2.24) is 4.31 Å². The SMILES string of the molecule is CC(C)[C@@H]1C[C@@H](CO)N(S(=O)(=O)C(F)F)C1. The van der Waals surface area contributed by atoms with E-state index >= 15 is 0 Å². The second kappa shape index (κ2) is 4.93. The lowest BCUT2D eigenvalue weighted by atomic mass is 9.94. The molecule has 0 aromatic rings. The fraction of sp³-hybridized carbons (Fsp3) is 1.00. The zero-order valence-electron chi connectivity index (χ0n) is 9.31. The van der Waals surface area contributed by atoms with Gasteiger partial charge in [-0.1, -0.05) is 13.8 Å². The summed E-state index contributed by atoms with van der Waals surface area (Å²) in [6, 6.07) is -0.702. The standard InChI is InChI=1S/C9H17F2NO3S/c1-6(2)7-3-8(5-13)12(4-7)16(14,15)9(10)11/h6-9,13H,3-5H2,1-2H3/t7-,8+/m1/s1. The maximum absolute atomic E-state index is 12.4. The molecule has 7 heteroatoms. The minimum atomic E-state index is -4.56. The van der Waals surface area contributed by atoms with Crippen LogP contribution in [0, 0.1) is 11.8 Å². The Labute approximate surface area is 94.3 Å². The summed E-state index contributed by atoms with van der Waals surface area (Å²) in [6.07, 6.45) is 0.445. The molecule has 1 fully saturated rings. The third-order valence-electron chi connectivity index (χ3n) is 3.10. The predicted molar refractivity (Wildman–Crippen MR) is 55.4 cm³/mol. The van der Waals surface area contributed by atoms with Gasteiger partial charge in [-0.15, -0.1) is 0 Å². The highest BCUT2D eigenvalue weighted by molar-refractivity contribution is 7.89. The van der Waals surface area contributed by atoms with E-state index in [1.165, 1.54) is 0 Å². The third-order valence-corrected chi connectivity index (χ3v) is 4.65. The second-order valence-electron chi connectivity index (χ2n) is 4.45. The molecule has 1 N–H and O–H groups in total. The number of aliphatic hydroxyl groups is 1. The van der Waals surface area contributed by atoms with Crippen molar-refractivity contribution in [2.24, 2.45) is 11.8 Å². The highest BCUT2D eigenvalue weighted by Gasteiger charge is 2.43. The Morgan fingerprint density at radius 3 is 2.38 bits per heavy atom. The van der Waals surface area contributed by atoms with E-state index in [-0.39, 0.29) is 18.4 Å². The first-order valence-electron chi connectivity index (χ1n) is 5.20. The van der Waals surface area contributed by atoms with Crippen molar-refractivity contribution < 1.29 is 22.3 Å². The first-order valence-corrected chi connectivity index (χ1v) is 6.70. The van der Waals surface area contributed by atoms with E-state index in [0.29, 0.717) is 6.42 Å². The summed E-state index contributed by atoms with van der Waals surface area (Å²) in [5.41, 5.74) is 0. The smallest absolute Gasteiger partial charge is 0.350 e. The van der Waals surface area contributed by atoms with Crippen LogP contribution in [0.25, 0.3) is 0 Å². The Morgan fingerprint density at radius 1 is 1.44 bits per heavy atom. The summed E-state index contributed by atoms with van der Waals surface area (Å²) in [7, 11) is -4.56. The minimum Gasteiger partial charge on any atom is -0.395 e. The molecule has 1 aliphatic heterocycles. The Morgan fingerprint density at radius 2 is 2.00 bits per heavy atom. The van der Waals surface area contributed by atoms with Crippen LogP contribution in [0.15, 0.2) is 0 Å². The van der Waals surface area contributed by atoms with Crippen molar-refractivity contribution in [3.63, 3.8) is 0 Å². The van der Waals surface area contributed by atoms with E-state index in [2.05, 4.69) is 0 Å². The largest absolute Gasteiger partial charge is 0.395 e. The predicted octanol–water partition coefficient (Wildman–Crippen LogP) is 0.878. The average Bonchev–Trinajstić information content (AvgIpc) is 2.61. The lowest BCUT2D eigenvalue weighted by Crippen LogP contribution is -2.40. The van der Waals surface area contributed by atoms with Gasteiger partial charge < -0.3 is 5.11 Å². The van der Waals surface area contributed by atoms with Gasteiger partial charge in [-0.25, -0.2) is 8.42 Å². The molecule has 16 heavy (non-hydrogen) atoms. The van der Waals surface area contributed by atoms with Gasteiger partial charge in [-0.2, -0.15) is 13.1 Å². The molecule has 0 aromatic carbocycles. The van der Waals surface area contributed by atoms with Crippen LogP contribution in [0.3, 0.4) is 0 Å². The molecule has 4 nitrogen and oxygen atoms in total. The van der Waals surface area contributed by atoms with Crippen LogP contribution in [-0.4, -0.2) is 42.8 Å². The first kappa shape index (κ1) is 13.8. The van der Waals surface area contributed by atoms with Crippen LogP contribution >= 0.6 is 0 Å². The summed E-state index contributed by atoms with van der Waals surface area (Å²) < 4.78 is 48.2. The lowest BCUT2D eigenvalue weighted by Gasteiger charge is -2.21. The number of halogens is 2. The van der Waals surface area contributed by atoms with Gasteiger partial charge in [0.05, 0.1) is 6.61 Å². The van der Waals surface area contributed by atoms with Gasteiger partial charge in [0, 0.05) is 12.6 Å². The Hall–Kier alpha value is -0.270. The molecule has 0 saturated carbocycles. The zero-order valence-corrected chi connectivity index (χ0v) is 10.1. The zero-order chi connectivity index (χ0) is 12.5. The van der Waals surface area contributed by atoms with Gasteiger partial charge in [0.1, 0.15) is 0 Å². The maximum atomic E-state index is 12.4. The van der Waals surface area contributed by atoms with Crippen molar-refractivity contribution in [3.8, 4) is 0 Å². The summed E-state index contributed by atoms with van der Waals surface area (Å²) in [4.78, 5) is 0. The number of nitrogens with zero attached hydrogens (tertiary/aromatic N) is 1. The second-order valence-corrected chi connectivity index (χ2v) is 6.31. The normalized spacial score (nSPS) is 28.2. The van der Waals surface area contributed by atoms with Gasteiger partial charge in [0.15, 0.2) is 0 Å². The summed E-state index contributed by atoms with van der Waals surface area (Å²) in [5, 5.41) is 9.03. The molecule has 1 saturated heterocycles. The summed E-state index contributed by atoms with van der Waals surface area (Å²) in [5.74, 6) is -3.16. The molecule has 2 atom stereocenters. The number of aliphatic hydroxyl groups excluding tert-OH is 1. The van der Waals surface area contributed by atoms with Gasteiger partial charge in [-0.05, 0) is 18.3 Å². The van der Waals surface area contributed by atoms with Crippen LogP contribution in [-0.2, 0) is 10.0 Å². The van der Waals surface area contributed by atoms with Crippen LogP contribution in [0.5, 0.6) is 0 Å². The molecule has 1 aliphatic rings. The average molecular weight is 257 g/mol. The van der Waals surface area contributed by atoms with Gasteiger partial charge in [0.25, 0.3) is 10.0 Å². The van der Waals surface area contributed by atoms with Gasteiger partial charge in [-0.3, -0.25) is 0 Å². The van der Waals surface area contributed by atoms with Crippen LogP contribution in [0.4, 0.5) is 8.78 Å². The molecule has 96 valence electrons. The molecule has 0 aromatic heterocycles. The van der Waals surface area contributed by atoms with Crippen molar-refractivity contribution in [2.75, 3.05) is 13.2 Å². The molecule has 0 radical (unpaired) electrons. The first-order chi connectivity index (χ1) is 7.30. The van der Waals surface area contributed by atoms with E-state index in [0.717, 1.165) is 4.31 Å².